The first-order chi connectivity index (χ1) is 8.50. The average molecular weight is 268 g/mol. The molecule has 1 N–H and O–H groups in total. The van der Waals surface area contributed by atoms with Gasteiger partial charge >= 0.3 is 10.2 Å². The van der Waals surface area contributed by atoms with Crippen LogP contribution in [0.15, 0.2) is 24.3 Å². The summed E-state index contributed by atoms with van der Waals surface area (Å²) in [7, 11) is -3.69. The van der Waals surface area contributed by atoms with Crippen molar-refractivity contribution in [3.63, 3.8) is 0 Å². The molecule has 6 heteroatoms. The monoisotopic (exact) mass is 268 g/mol. The zero-order valence-corrected chi connectivity index (χ0v) is 11.0. The highest BCUT2D eigenvalue weighted by Gasteiger charge is 2.27. The van der Waals surface area contributed by atoms with E-state index >= 15 is 0 Å². The highest BCUT2D eigenvalue weighted by Crippen LogP contribution is 2.13. The van der Waals surface area contributed by atoms with Crippen molar-refractivity contribution in [1.29, 1.82) is 0 Å². The second kappa shape index (κ2) is 5.07. The Morgan fingerprint density at radius 1 is 1.22 bits per heavy atom. The van der Waals surface area contributed by atoms with Gasteiger partial charge in [0.25, 0.3) is 5.91 Å². The summed E-state index contributed by atoms with van der Waals surface area (Å²) in [6.45, 7) is 2.74. The lowest BCUT2D eigenvalue weighted by molar-refractivity contribution is 0.0979. The predicted molar refractivity (Wildman–Crippen MR) is 68.4 cm³/mol. The fraction of sp³-hybridized carbons (Fsp3) is 0.417. The third kappa shape index (κ3) is 2.70. The summed E-state index contributed by atoms with van der Waals surface area (Å²) in [5.74, 6) is -0.569. The fourth-order valence-electron chi connectivity index (χ4n) is 1.99. The third-order valence-corrected chi connectivity index (χ3v) is 4.50. The molecule has 0 bridgehead atoms. The molecule has 5 nitrogen and oxygen atoms in total. The molecule has 0 saturated carbocycles. The van der Waals surface area contributed by atoms with Crippen molar-refractivity contribution in [2.45, 2.75) is 19.8 Å². The van der Waals surface area contributed by atoms with Gasteiger partial charge in [-0.05, 0) is 31.4 Å². The summed E-state index contributed by atoms with van der Waals surface area (Å²) in [5, 5.41) is 0. The van der Waals surface area contributed by atoms with E-state index in [0.717, 1.165) is 18.4 Å². The molecule has 1 heterocycles. The van der Waals surface area contributed by atoms with E-state index in [9.17, 15) is 13.2 Å². The van der Waals surface area contributed by atoms with Gasteiger partial charge in [-0.3, -0.25) is 4.79 Å². The van der Waals surface area contributed by atoms with Crippen molar-refractivity contribution in [3.8, 4) is 0 Å². The van der Waals surface area contributed by atoms with Gasteiger partial charge in [0.1, 0.15) is 0 Å². The van der Waals surface area contributed by atoms with Crippen LogP contribution in [0.2, 0.25) is 0 Å². The van der Waals surface area contributed by atoms with Gasteiger partial charge in [0, 0.05) is 18.7 Å². The molecule has 1 aromatic carbocycles. The Balaban J connectivity index is 2.14. The largest absolute Gasteiger partial charge is 0.304 e. The molecular weight excluding hydrogens is 252 g/mol. The van der Waals surface area contributed by atoms with Crippen LogP contribution in [-0.2, 0) is 10.2 Å². The molecule has 98 valence electrons. The first-order valence-electron chi connectivity index (χ1n) is 5.88. The van der Waals surface area contributed by atoms with E-state index in [2.05, 4.69) is 4.72 Å². The maximum atomic E-state index is 11.9. The van der Waals surface area contributed by atoms with E-state index in [-0.39, 0.29) is 0 Å². The minimum Gasteiger partial charge on any atom is -0.268 e. The van der Waals surface area contributed by atoms with E-state index in [1.54, 1.807) is 31.2 Å². The third-order valence-electron chi connectivity index (χ3n) is 3.02. The zero-order chi connectivity index (χ0) is 13.2. The van der Waals surface area contributed by atoms with Crippen LogP contribution in [0, 0.1) is 6.92 Å². The molecule has 0 spiro atoms. The van der Waals surface area contributed by atoms with Gasteiger partial charge in [-0.25, -0.2) is 4.72 Å². The molecule has 1 aliphatic heterocycles. The number of aryl methyl sites for hydroxylation is 1. The topological polar surface area (TPSA) is 66.5 Å². The van der Waals surface area contributed by atoms with Crippen molar-refractivity contribution in [2.75, 3.05) is 13.1 Å². The maximum Gasteiger partial charge on any atom is 0.304 e. The molecule has 1 aliphatic rings. The summed E-state index contributed by atoms with van der Waals surface area (Å²) in [6, 6.07) is 6.91. The Kier molecular flexibility index (Phi) is 3.68. The van der Waals surface area contributed by atoms with Crippen molar-refractivity contribution in [3.05, 3.63) is 35.4 Å². The molecule has 1 amide bonds. The van der Waals surface area contributed by atoms with Crippen molar-refractivity contribution < 1.29 is 13.2 Å². The van der Waals surface area contributed by atoms with Gasteiger partial charge in [0.2, 0.25) is 0 Å². The summed E-state index contributed by atoms with van der Waals surface area (Å²) in [6.07, 6.45) is 1.69. The molecule has 1 saturated heterocycles. The number of benzene rings is 1. The minimum absolute atomic E-state index is 0.389. The van der Waals surface area contributed by atoms with Crippen LogP contribution in [0.1, 0.15) is 28.8 Å². The van der Waals surface area contributed by atoms with E-state index in [0.29, 0.717) is 18.7 Å². The van der Waals surface area contributed by atoms with Gasteiger partial charge in [-0.2, -0.15) is 12.7 Å². The Morgan fingerprint density at radius 3 is 2.44 bits per heavy atom. The van der Waals surface area contributed by atoms with Crippen molar-refractivity contribution >= 4 is 16.1 Å². The molecule has 18 heavy (non-hydrogen) atoms. The normalized spacial score (nSPS) is 16.7. The molecule has 1 fully saturated rings. The highest BCUT2D eigenvalue weighted by atomic mass is 32.2. The summed E-state index contributed by atoms with van der Waals surface area (Å²) < 4.78 is 27.3. The first kappa shape index (κ1) is 13.0. The summed E-state index contributed by atoms with van der Waals surface area (Å²) in [5.41, 5.74) is 1.15. The predicted octanol–water partition coefficient (Wildman–Crippen LogP) is 1.07. The lowest BCUT2D eigenvalue weighted by atomic mass is 10.1. The van der Waals surface area contributed by atoms with Crippen LogP contribution in [0.3, 0.4) is 0 Å². The summed E-state index contributed by atoms with van der Waals surface area (Å²) in [4.78, 5) is 11.9. The van der Waals surface area contributed by atoms with E-state index in [4.69, 9.17) is 0 Å². The lowest BCUT2D eigenvalue weighted by Crippen LogP contribution is -2.42. The zero-order valence-electron chi connectivity index (χ0n) is 10.2. The van der Waals surface area contributed by atoms with Crippen LogP contribution >= 0.6 is 0 Å². The lowest BCUT2D eigenvalue weighted by Gasteiger charge is -2.16. The number of carbonyl (C=O) groups is 1. The van der Waals surface area contributed by atoms with Crippen molar-refractivity contribution in [2.24, 2.45) is 0 Å². The van der Waals surface area contributed by atoms with Gasteiger partial charge in [-0.15, -0.1) is 0 Å². The maximum absolute atomic E-state index is 11.9. The molecule has 2 rings (SSSR count). The Labute approximate surface area is 107 Å². The van der Waals surface area contributed by atoms with Gasteiger partial charge in [-0.1, -0.05) is 18.2 Å². The quantitative estimate of drug-likeness (QED) is 0.891. The van der Waals surface area contributed by atoms with Crippen LogP contribution < -0.4 is 4.72 Å². The molecule has 0 radical (unpaired) electrons. The Morgan fingerprint density at radius 2 is 1.83 bits per heavy atom. The number of hydrogen-bond acceptors (Lipinski definition) is 3. The van der Waals surface area contributed by atoms with Crippen LogP contribution in [-0.4, -0.2) is 31.7 Å². The van der Waals surface area contributed by atoms with Crippen LogP contribution in [0.25, 0.3) is 0 Å². The molecule has 0 atom stereocenters. The van der Waals surface area contributed by atoms with Gasteiger partial charge in [0.15, 0.2) is 0 Å². The van der Waals surface area contributed by atoms with E-state index < -0.39 is 16.1 Å². The van der Waals surface area contributed by atoms with Gasteiger partial charge < -0.3 is 0 Å². The number of carbonyl (C=O) groups excluding carboxylic acids is 1. The first-order valence-corrected chi connectivity index (χ1v) is 7.32. The number of hydrogen-bond donors (Lipinski definition) is 1. The van der Waals surface area contributed by atoms with E-state index in [1.807, 2.05) is 0 Å². The Hall–Kier alpha value is -1.40. The van der Waals surface area contributed by atoms with Crippen LogP contribution in [0.5, 0.6) is 0 Å². The number of rotatable bonds is 3. The second-order valence-corrected chi connectivity index (χ2v) is 6.03. The highest BCUT2D eigenvalue weighted by molar-refractivity contribution is 7.87. The van der Waals surface area contributed by atoms with Crippen molar-refractivity contribution in [1.82, 2.24) is 9.03 Å². The summed E-state index contributed by atoms with van der Waals surface area (Å²) >= 11 is 0. The number of amides is 1. The SMILES string of the molecule is Cc1ccccc1C(=O)NS(=O)(=O)N1CCCC1. The molecule has 0 aliphatic carbocycles. The second-order valence-electron chi connectivity index (χ2n) is 4.36. The average Bonchev–Trinajstić information content (AvgIpc) is 2.82. The molecule has 0 aromatic heterocycles. The standard InChI is InChI=1S/C12H16N2O3S/c1-10-6-2-3-7-11(10)12(15)13-18(16,17)14-8-4-5-9-14/h2-3,6-7H,4-5,8-9H2,1H3,(H,13,15). The van der Waals surface area contributed by atoms with E-state index in [1.165, 1.54) is 4.31 Å². The molecule has 0 unspecified atom stereocenters. The van der Waals surface area contributed by atoms with Crippen LogP contribution in [0.4, 0.5) is 0 Å². The number of nitrogens with one attached hydrogen (secondary N) is 1. The minimum atomic E-state index is -3.69. The molecular formula is C12H16N2O3S. The molecule has 1 aromatic rings. The Bertz CT molecular complexity index is 548. The fourth-order valence-corrected chi connectivity index (χ4v) is 3.21. The smallest absolute Gasteiger partial charge is 0.268 e. The number of nitrogens with zero attached hydrogens (tertiary/aromatic N) is 1. The van der Waals surface area contributed by atoms with Gasteiger partial charge in [0.05, 0.1) is 0 Å².